The third-order valence-electron chi connectivity index (χ3n) is 5.84. The summed E-state index contributed by atoms with van der Waals surface area (Å²) >= 11 is 1.13. The van der Waals surface area contributed by atoms with Crippen LogP contribution in [0.5, 0.6) is 0 Å². The van der Waals surface area contributed by atoms with Crippen molar-refractivity contribution in [1.29, 1.82) is 0 Å². The number of hydrogen-bond donors (Lipinski definition) is 1. The second kappa shape index (κ2) is 8.16. The lowest BCUT2D eigenvalue weighted by Crippen LogP contribution is -2.36. The minimum Gasteiger partial charge on any atom is -0.344 e. The average Bonchev–Trinajstić information content (AvgIpc) is 3.43. The van der Waals surface area contributed by atoms with E-state index >= 15 is 0 Å². The maximum absolute atomic E-state index is 13.4. The van der Waals surface area contributed by atoms with Crippen LogP contribution in [-0.4, -0.2) is 34.7 Å². The molecule has 0 fully saturated rings. The van der Waals surface area contributed by atoms with Gasteiger partial charge in [-0.2, -0.15) is 4.31 Å². The van der Waals surface area contributed by atoms with Gasteiger partial charge in [0.05, 0.1) is 17.6 Å². The number of fused-ring (bicyclic) bond motifs is 2. The van der Waals surface area contributed by atoms with Crippen molar-refractivity contribution in [1.82, 2.24) is 19.2 Å². The fraction of sp³-hybridized carbons (Fsp3) is 0.217. The molecule has 1 aliphatic heterocycles. The van der Waals surface area contributed by atoms with E-state index in [0.29, 0.717) is 25.3 Å². The SMILES string of the molecule is Cn1c(CNC(=O)c2sccc2S(=O)(=O)N2CCc3ccccc3C2)nc2ccccc21. The lowest BCUT2D eigenvalue weighted by molar-refractivity contribution is 0.0950. The van der Waals surface area contributed by atoms with Crippen molar-refractivity contribution in [2.45, 2.75) is 24.4 Å². The Balaban J connectivity index is 1.35. The number of nitrogens with zero attached hydrogens (tertiary/aromatic N) is 3. The molecule has 2 aromatic carbocycles. The Hall–Kier alpha value is -3.01. The van der Waals surface area contributed by atoms with Gasteiger partial charge in [-0.1, -0.05) is 36.4 Å². The highest BCUT2D eigenvalue weighted by Crippen LogP contribution is 2.29. The van der Waals surface area contributed by atoms with E-state index in [4.69, 9.17) is 0 Å². The predicted molar refractivity (Wildman–Crippen MR) is 124 cm³/mol. The molecular weight excluding hydrogens is 444 g/mol. The second-order valence-corrected chi connectivity index (χ2v) is 10.6. The smallest absolute Gasteiger partial charge is 0.263 e. The number of aryl methyl sites for hydroxylation is 1. The quantitative estimate of drug-likeness (QED) is 0.489. The molecule has 32 heavy (non-hydrogen) atoms. The van der Waals surface area contributed by atoms with E-state index in [1.807, 2.05) is 60.1 Å². The van der Waals surface area contributed by atoms with Crippen LogP contribution in [0.25, 0.3) is 11.0 Å². The summed E-state index contributed by atoms with van der Waals surface area (Å²) in [5.74, 6) is 0.288. The summed E-state index contributed by atoms with van der Waals surface area (Å²) in [6.45, 7) is 0.921. The van der Waals surface area contributed by atoms with Crippen molar-refractivity contribution in [2.24, 2.45) is 7.05 Å². The second-order valence-electron chi connectivity index (χ2n) is 7.73. The van der Waals surface area contributed by atoms with Crippen molar-refractivity contribution >= 4 is 38.3 Å². The summed E-state index contributed by atoms with van der Waals surface area (Å²) in [5.41, 5.74) is 4.00. The number of carbonyl (C=O) groups excluding carboxylic acids is 1. The van der Waals surface area contributed by atoms with E-state index in [0.717, 1.165) is 27.9 Å². The maximum atomic E-state index is 13.4. The average molecular weight is 467 g/mol. The number of nitrogens with one attached hydrogen (secondary N) is 1. The van der Waals surface area contributed by atoms with Crippen molar-refractivity contribution < 1.29 is 13.2 Å². The topological polar surface area (TPSA) is 84.3 Å². The highest BCUT2D eigenvalue weighted by molar-refractivity contribution is 7.89. The van der Waals surface area contributed by atoms with Crippen molar-refractivity contribution in [2.75, 3.05) is 6.54 Å². The monoisotopic (exact) mass is 466 g/mol. The summed E-state index contributed by atoms with van der Waals surface area (Å²) in [4.78, 5) is 17.7. The van der Waals surface area contributed by atoms with Crippen LogP contribution in [0, 0.1) is 0 Å². The van der Waals surface area contributed by atoms with Gasteiger partial charge in [0.25, 0.3) is 5.91 Å². The summed E-state index contributed by atoms with van der Waals surface area (Å²) in [7, 11) is -1.89. The number of benzene rings is 2. The van der Waals surface area contributed by atoms with Crippen LogP contribution < -0.4 is 5.32 Å². The Kier molecular flexibility index (Phi) is 5.32. The van der Waals surface area contributed by atoms with Gasteiger partial charge in [-0.05, 0) is 41.1 Å². The highest BCUT2D eigenvalue weighted by atomic mass is 32.2. The van der Waals surface area contributed by atoms with Crippen LogP contribution in [0.3, 0.4) is 0 Å². The zero-order valence-corrected chi connectivity index (χ0v) is 19.1. The van der Waals surface area contributed by atoms with Gasteiger partial charge in [0.2, 0.25) is 10.0 Å². The number of para-hydroxylation sites is 2. The number of amides is 1. The van der Waals surface area contributed by atoms with Crippen molar-refractivity contribution in [3.8, 4) is 0 Å². The van der Waals surface area contributed by atoms with Gasteiger partial charge in [0.1, 0.15) is 15.6 Å². The summed E-state index contributed by atoms with van der Waals surface area (Å²) in [6.07, 6.45) is 0.661. The first-order chi connectivity index (χ1) is 15.4. The van der Waals surface area contributed by atoms with Gasteiger partial charge < -0.3 is 9.88 Å². The molecule has 7 nitrogen and oxygen atoms in total. The first-order valence-electron chi connectivity index (χ1n) is 10.3. The number of imidazole rings is 1. The predicted octanol–water partition coefficient (Wildman–Crippen LogP) is 3.31. The zero-order chi connectivity index (χ0) is 22.3. The van der Waals surface area contributed by atoms with E-state index in [9.17, 15) is 13.2 Å². The lowest BCUT2D eigenvalue weighted by atomic mass is 10.0. The molecule has 0 saturated carbocycles. The van der Waals surface area contributed by atoms with Gasteiger partial charge in [0, 0.05) is 20.1 Å². The van der Waals surface area contributed by atoms with Gasteiger partial charge >= 0.3 is 0 Å². The molecule has 0 radical (unpaired) electrons. The zero-order valence-electron chi connectivity index (χ0n) is 17.5. The normalized spacial score (nSPS) is 14.4. The molecule has 0 spiro atoms. The molecule has 1 N–H and O–H groups in total. The molecule has 0 unspecified atom stereocenters. The minimum absolute atomic E-state index is 0.0596. The molecule has 164 valence electrons. The van der Waals surface area contributed by atoms with Gasteiger partial charge in [-0.25, -0.2) is 13.4 Å². The van der Waals surface area contributed by atoms with Crippen LogP contribution in [0.4, 0.5) is 0 Å². The van der Waals surface area contributed by atoms with E-state index in [1.54, 1.807) is 5.38 Å². The fourth-order valence-corrected chi connectivity index (χ4v) is 6.81. The van der Waals surface area contributed by atoms with Crippen LogP contribution in [0.15, 0.2) is 64.9 Å². The Labute approximate surface area is 190 Å². The molecule has 9 heteroatoms. The number of carbonyl (C=O) groups is 1. The Morgan fingerprint density at radius 1 is 1.09 bits per heavy atom. The Bertz CT molecular complexity index is 1420. The van der Waals surface area contributed by atoms with Gasteiger partial charge in [-0.15, -0.1) is 11.3 Å². The summed E-state index contributed by atoms with van der Waals surface area (Å²) in [6, 6.07) is 17.1. The third kappa shape index (κ3) is 3.62. The molecule has 4 aromatic rings. The number of rotatable bonds is 5. The standard InChI is InChI=1S/C23H22N4O3S2/c1-26-19-9-5-4-8-18(19)25-21(26)14-24-23(28)22-20(11-13-31-22)32(29,30)27-12-10-16-6-2-3-7-17(16)15-27/h2-9,11,13H,10,12,14-15H2,1H3,(H,24,28). The number of hydrogen-bond acceptors (Lipinski definition) is 5. The van der Waals surface area contributed by atoms with Crippen molar-refractivity contribution in [3.63, 3.8) is 0 Å². The molecule has 0 atom stereocenters. The van der Waals surface area contributed by atoms with E-state index in [-0.39, 0.29) is 16.3 Å². The molecule has 1 aliphatic rings. The van der Waals surface area contributed by atoms with Crippen molar-refractivity contribution in [3.05, 3.63) is 81.8 Å². The van der Waals surface area contributed by atoms with E-state index < -0.39 is 15.9 Å². The molecule has 3 heterocycles. The number of thiophene rings is 1. The highest BCUT2D eigenvalue weighted by Gasteiger charge is 2.32. The third-order valence-corrected chi connectivity index (χ3v) is 8.77. The Morgan fingerprint density at radius 2 is 1.84 bits per heavy atom. The molecule has 0 bridgehead atoms. The lowest BCUT2D eigenvalue weighted by Gasteiger charge is -2.28. The molecule has 0 saturated heterocycles. The summed E-state index contributed by atoms with van der Waals surface area (Å²) in [5, 5.41) is 4.49. The fourth-order valence-electron chi connectivity index (χ4n) is 4.07. The molecule has 1 amide bonds. The number of sulfonamides is 1. The molecule has 5 rings (SSSR count). The molecule has 2 aromatic heterocycles. The Morgan fingerprint density at radius 3 is 2.66 bits per heavy atom. The first-order valence-corrected chi connectivity index (χ1v) is 12.6. The van der Waals surface area contributed by atoms with E-state index in [1.165, 1.54) is 15.9 Å². The number of aromatic nitrogens is 2. The van der Waals surface area contributed by atoms with Crippen LogP contribution in [0.1, 0.15) is 26.6 Å². The van der Waals surface area contributed by atoms with E-state index in [2.05, 4.69) is 10.3 Å². The van der Waals surface area contributed by atoms with Gasteiger partial charge in [-0.3, -0.25) is 4.79 Å². The first kappa shape index (κ1) is 20.9. The van der Waals surface area contributed by atoms with Gasteiger partial charge in [0.15, 0.2) is 0 Å². The largest absolute Gasteiger partial charge is 0.344 e. The minimum atomic E-state index is -3.79. The molecular formula is C23H22N4O3S2. The van der Waals surface area contributed by atoms with Crippen LogP contribution >= 0.6 is 11.3 Å². The van der Waals surface area contributed by atoms with Crippen LogP contribution in [0.2, 0.25) is 0 Å². The van der Waals surface area contributed by atoms with Crippen LogP contribution in [-0.2, 0) is 36.6 Å². The molecule has 0 aliphatic carbocycles. The summed E-state index contributed by atoms with van der Waals surface area (Å²) < 4.78 is 30.1. The maximum Gasteiger partial charge on any atom is 0.263 e.